The number of piperidine rings is 1. The van der Waals surface area contributed by atoms with Crippen LogP contribution in [0.3, 0.4) is 0 Å². The van der Waals surface area contributed by atoms with Crippen LogP contribution < -0.4 is 0 Å². The van der Waals surface area contributed by atoms with Crippen LogP contribution in [0.15, 0.2) is 23.2 Å². The highest BCUT2D eigenvalue weighted by molar-refractivity contribution is 7.07. The molecule has 6 rings (SSSR count). The zero-order valence-electron chi connectivity index (χ0n) is 19.2. The van der Waals surface area contributed by atoms with Crippen molar-refractivity contribution < 1.29 is 18.0 Å². The predicted octanol–water partition coefficient (Wildman–Crippen LogP) is 4.88. The summed E-state index contributed by atoms with van der Waals surface area (Å²) >= 11 is 1.65. The van der Waals surface area contributed by atoms with E-state index in [9.17, 15) is 18.0 Å². The van der Waals surface area contributed by atoms with Gasteiger partial charge in [0.2, 0.25) is 5.91 Å². The summed E-state index contributed by atoms with van der Waals surface area (Å²) in [7, 11) is 0. The molecule has 2 aromatic heterocycles. The first-order valence-electron chi connectivity index (χ1n) is 12.2. The first-order chi connectivity index (χ1) is 16.3. The second-order valence-electron chi connectivity index (χ2n) is 10.6. The number of thiazole rings is 1. The standard InChI is InChI=1S/C25H29F3N4OS/c1-15-22-9-20-17(8-18(11-29-20)25(26,27)28)12-32(22)23(33)24(15)5-2-19(10-24)31-6-3-16(4-7-31)21-13-34-14-30-21/h8,11,13-16,19,22H,2-7,9-10,12H2,1H3/t15?,19?,22?,24-/m0/s1. The molecule has 4 aliphatic rings. The van der Waals surface area contributed by atoms with E-state index >= 15 is 0 Å². The summed E-state index contributed by atoms with van der Waals surface area (Å²) < 4.78 is 39.6. The van der Waals surface area contributed by atoms with Crippen LogP contribution >= 0.6 is 11.3 Å². The van der Waals surface area contributed by atoms with E-state index in [1.807, 2.05) is 10.4 Å². The highest BCUT2D eigenvalue weighted by atomic mass is 32.1. The van der Waals surface area contributed by atoms with Gasteiger partial charge in [-0.3, -0.25) is 9.78 Å². The third-order valence-corrected chi connectivity index (χ3v) is 9.71. The molecule has 1 spiro atoms. The fourth-order valence-corrected chi connectivity index (χ4v) is 7.73. The Balaban J connectivity index is 1.17. The zero-order valence-corrected chi connectivity index (χ0v) is 20.0. The van der Waals surface area contributed by atoms with Gasteiger partial charge in [-0.2, -0.15) is 13.2 Å². The van der Waals surface area contributed by atoms with Crippen molar-refractivity contribution >= 4 is 17.2 Å². The van der Waals surface area contributed by atoms with Crippen LogP contribution in [0.5, 0.6) is 0 Å². The van der Waals surface area contributed by atoms with Gasteiger partial charge in [-0.1, -0.05) is 6.92 Å². The Bertz CT molecular complexity index is 1080. The van der Waals surface area contributed by atoms with Gasteiger partial charge in [-0.15, -0.1) is 11.3 Å². The lowest BCUT2D eigenvalue weighted by Crippen LogP contribution is -2.42. The molecular formula is C25H29F3N4OS. The van der Waals surface area contributed by atoms with Gasteiger partial charge in [0, 0.05) is 48.2 Å². The molecule has 5 heterocycles. The van der Waals surface area contributed by atoms with Crippen LogP contribution in [0.4, 0.5) is 13.2 Å². The summed E-state index contributed by atoms with van der Waals surface area (Å²) in [5, 5.41) is 2.16. The van der Waals surface area contributed by atoms with Crippen molar-refractivity contribution in [1.82, 2.24) is 19.8 Å². The van der Waals surface area contributed by atoms with Crippen molar-refractivity contribution in [3.63, 3.8) is 0 Å². The topological polar surface area (TPSA) is 49.3 Å². The number of pyridine rings is 1. The molecule has 4 atom stereocenters. The SMILES string of the molecule is CC1C2Cc3ncc(C(F)(F)F)cc3CN2C(=O)[C@]12CCC(N1CCC(c3cscn3)CC1)C2. The number of aromatic nitrogens is 2. The van der Waals surface area contributed by atoms with E-state index in [0.29, 0.717) is 29.6 Å². The van der Waals surface area contributed by atoms with Crippen molar-refractivity contribution in [2.24, 2.45) is 11.3 Å². The number of rotatable bonds is 2. The molecule has 5 nitrogen and oxygen atoms in total. The van der Waals surface area contributed by atoms with Crippen LogP contribution in [-0.2, 0) is 23.9 Å². The Labute approximate surface area is 201 Å². The van der Waals surface area contributed by atoms with Crippen LogP contribution in [0.2, 0.25) is 0 Å². The van der Waals surface area contributed by atoms with E-state index < -0.39 is 17.2 Å². The monoisotopic (exact) mass is 490 g/mol. The van der Waals surface area contributed by atoms with Crippen LogP contribution in [0.1, 0.15) is 67.5 Å². The molecule has 9 heteroatoms. The number of amides is 1. The molecule has 0 radical (unpaired) electrons. The molecule has 1 amide bonds. The third kappa shape index (κ3) is 3.49. The normalized spacial score (nSPS) is 32.4. The van der Waals surface area contributed by atoms with Crippen molar-refractivity contribution in [2.45, 2.75) is 76.2 Å². The number of nitrogens with zero attached hydrogens (tertiary/aromatic N) is 4. The van der Waals surface area contributed by atoms with Gasteiger partial charge < -0.3 is 9.80 Å². The van der Waals surface area contributed by atoms with Crippen molar-refractivity contribution in [1.29, 1.82) is 0 Å². The molecule has 1 aliphatic carbocycles. The minimum absolute atomic E-state index is 0.0263. The summed E-state index contributed by atoms with van der Waals surface area (Å²) in [6.45, 7) is 4.49. The maximum atomic E-state index is 13.8. The fourth-order valence-electron chi connectivity index (χ4n) is 7.09. The van der Waals surface area contributed by atoms with Crippen LogP contribution in [0, 0.1) is 11.3 Å². The summed E-state index contributed by atoms with van der Waals surface area (Å²) in [6.07, 6.45) is 2.02. The van der Waals surface area contributed by atoms with Crippen molar-refractivity contribution in [3.8, 4) is 0 Å². The summed E-state index contributed by atoms with van der Waals surface area (Å²) in [5.41, 5.74) is 3.25. The predicted molar refractivity (Wildman–Crippen MR) is 122 cm³/mol. The Hall–Kier alpha value is -2.00. The Morgan fingerprint density at radius 3 is 2.68 bits per heavy atom. The minimum atomic E-state index is -4.42. The summed E-state index contributed by atoms with van der Waals surface area (Å²) in [6, 6.07) is 1.62. The van der Waals surface area contributed by atoms with E-state index in [1.165, 1.54) is 11.8 Å². The number of likely N-dealkylation sites (tertiary alicyclic amines) is 1. The van der Waals surface area contributed by atoms with Crippen LogP contribution in [0.25, 0.3) is 0 Å². The Kier molecular flexibility index (Phi) is 5.30. The average molecular weight is 491 g/mol. The van der Waals surface area contributed by atoms with E-state index in [4.69, 9.17) is 0 Å². The van der Waals surface area contributed by atoms with Crippen molar-refractivity contribution in [2.75, 3.05) is 13.1 Å². The first-order valence-corrected chi connectivity index (χ1v) is 13.2. The molecule has 0 aromatic carbocycles. The quantitative estimate of drug-likeness (QED) is 0.602. The van der Waals surface area contributed by atoms with Gasteiger partial charge in [-0.25, -0.2) is 4.98 Å². The first kappa shape index (κ1) is 22.5. The van der Waals surface area contributed by atoms with E-state index in [-0.39, 0.29) is 24.4 Å². The Morgan fingerprint density at radius 2 is 1.97 bits per heavy atom. The number of hydrogen-bond donors (Lipinski definition) is 0. The number of carbonyl (C=O) groups excluding carboxylic acids is 1. The second-order valence-corrected chi connectivity index (χ2v) is 11.3. The molecule has 3 unspecified atom stereocenters. The highest BCUT2D eigenvalue weighted by Crippen LogP contribution is 2.55. The van der Waals surface area contributed by atoms with Gasteiger partial charge in [-0.05, 0) is 62.7 Å². The van der Waals surface area contributed by atoms with Gasteiger partial charge in [0.15, 0.2) is 0 Å². The van der Waals surface area contributed by atoms with Gasteiger partial charge in [0.05, 0.1) is 22.2 Å². The van der Waals surface area contributed by atoms with E-state index in [2.05, 4.69) is 27.2 Å². The lowest BCUT2D eigenvalue weighted by atomic mass is 9.73. The molecular weight excluding hydrogens is 461 g/mol. The molecule has 3 fully saturated rings. The molecule has 34 heavy (non-hydrogen) atoms. The molecule has 2 saturated heterocycles. The van der Waals surface area contributed by atoms with Gasteiger partial charge >= 0.3 is 6.18 Å². The van der Waals surface area contributed by atoms with Gasteiger partial charge in [0.1, 0.15) is 0 Å². The Morgan fingerprint density at radius 1 is 1.18 bits per heavy atom. The zero-order chi connectivity index (χ0) is 23.7. The fraction of sp³-hybridized carbons (Fsp3) is 0.640. The number of halogens is 3. The summed E-state index contributed by atoms with van der Waals surface area (Å²) in [4.78, 5) is 26.9. The third-order valence-electron chi connectivity index (χ3n) is 9.11. The molecule has 1 saturated carbocycles. The van der Waals surface area contributed by atoms with Crippen molar-refractivity contribution in [3.05, 3.63) is 45.7 Å². The molecule has 2 aromatic rings. The largest absolute Gasteiger partial charge is 0.417 e. The number of carbonyl (C=O) groups is 1. The summed E-state index contributed by atoms with van der Waals surface area (Å²) in [5.74, 6) is 0.856. The minimum Gasteiger partial charge on any atom is -0.334 e. The molecule has 182 valence electrons. The maximum absolute atomic E-state index is 13.8. The number of fused-ring (bicyclic) bond motifs is 2. The number of alkyl halides is 3. The lowest BCUT2D eigenvalue weighted by molar-refractivity contribution is -0.138. The lowest BCUT2D eigenvalue weighted by Gasteiger charge is -2.36. The molecule has 0 N–H and O–H groups in total. The second kappa shape index (κ2) is 8.01. The molecule has 0 bridgehead atoms. The maximum Gasteiger partial charge on any atom is 0.417 e. The van der Waals surface area contributed by atoms with Crippen LogP contribution in [-0.4, -0.2) is 50.8 Å². The van der Waals surface area contributed by atoms with Gasteiger partial charge in [0.25, 0.3) is 0 Å². The number of hydrogen-bond acceptors (Lipinski definition) is 5. The smallest absolute Gasteiger partial charge is 0.334 e. The van der Waals surface area contributed by atoms with E-state index in [1.54, 1.807) is 11.3 Å². The van der Waals surface area contributed by atoms with E-state index in [0.717, 1.165) is 51.4 Å². The molecule has 3 aliphatic heterocycles. The average Bonchev–Trinajstić information content (AvgIpc) is 3.56. The highest BCUT2D eigenvalue weighted by Gasteiger charge is 2.61.